The Bertz CT molecular complexity index is 582. The second-order valence-electron chi connectivity index (χ2n) is 4.43. The van der Waals surface area contributed by atoms with Gasteiger partial charge in [0.2, 0.25) is 0 Å². The van der Waals surface area contributed by atoms with Gasteiger partial charge in [-0.3, -0.25) is 0 Å². The second kappa shape index (κ2) is 5.37. The summed E-state index contributed by atoms with van der Waals surface area (Å²) < 4.78 is 0. The molecule has 18 heavy (non-hydrogen) atoms. The van der Waals surface area contributed by atoms with Crippen molar-refractivity contribution in [1.82, 2.24) is 0 Å². The summed E-state index contributed by atoms with van der Waals surface area (Å²) in [7, 11) is 0. The second-order valence-corrected chi connectivity index (χ2v) is 4.43. The van der Waals surface area contributed by atoms with Gasteiger partial charge in [0.15, 0.2) is 0 Å². The van der Waals surface area contributed by atoms with Gasteiger partial charge in [-0.1, -0.05) is 36.4 Å². The van der Waals surface area contributed by atoms with Crippen LogP contribution in [0, 0.1) is 25.2 Å². The Hall–Kier alpha value is -2.27. The predicted molar refractivity (Wildman–Crippen MR) is 74.3 cm³/mol. The molecule has 2 nitrogen and oxygen atoms in total. The molecule has 0 heterocycles. The van der Waals surface area contributed by atoms with E-state index >= 15 is 0 Å². The average molecular weight is 236 g/mol. The van der Waals surface area contributed by atoms with E-state index in [0.29, 0.717) is 0 Å². The maximum absolute atomic E-state index is 9.32. The van der Waals surface area contributed by atoms with Gasteiger partial charge in [-0.2, -0.15) is 5.26 Å². The molecule has 0 amide bonds. The zero-order valence-electron chi connectivity index (χ0n) is 10.6. The summed E-state index contributed by atoms with van der Waals surface area (Å²) in [6.07, 6.45) is 0. The average Bonchev–Trinajstić information content (AvgIpc) is 2.37. The first-order valence-corrected chi connectivity index (χ1v) is 5.99. The van der Waals surface area contributed by atoms with Crippen LogP contribution < -0.4 is 5.32 Å². The standard InChI is InChI=1S/C16H16N2/c1-12-6-5-8-14(10-12)18-16(11-17)15-9-4-3-7-13(15)2/h3-10,16,18H,1-2H3. The lowest BCUT2D eigenvalue weighted by atomic mass is 10.0. The third-order valence-corrected chi connectivity index (χ3v) is 2.96. The molecule has 2 aromatic rings. The van der Waals surface area contributed by atoms with E-state index in [9.17, 15) is 5.26 Å². The highest BCUT2D eigenvalue weighted by molar-refractivity contribution is 5.50. The van der Waals surface area contributed by atoms with Gasteiger partial charge >= 0.3 is 0 Å². The minimum atomic E-state index is -0.312. The SMILES string of the molecule is Cc1cccc(NC(C#N)c2ccccc2C)c1. The smallest absolute Gasteiger partial charge is 0.140 e. The van der Waals surface area contributed by atoms with Crippen molar-refractivity contribution in [1.29, 1.82) is 5.26 Å². The van der Waals surface area contributed by atoms with Gasteiger partial charge in [0.05, 0.1) is 6.07 Å². The van der Waals surface area contributed by atoms with Gasteiger partial charge < -0.3 is 5.32 Å². The number of rotatable bonds is 3. The zero-order chi connectivity index (χ0) is 13.0. The summed E-state index contributed by atoms with van der Waals surface area (Å²) in [4.78, 5) is 0. The Morgan fingerprint density at radius 3 is 2.50 bits per heavy atom. The molecule has 1 unspecified atom stereocenters. The molecule has 0 aliphatic carbocycles. The molecule has 2 rings (SSSR count). The summed E-state index contributed by atoms with van der Waals surface area (Å²) in [5.41, 5.74) is 4.32. The van der Waals surface area contributed by atoms with Crippen molar-refractivity contribution in [3.63, 3.8) is 0 Å². The van der Waals surface area contributed by atoms with Crippen LogP contribution in [-0.4, -0.2) is 0 Å². The predicted octanol–water partition coefficient (Wildman–Crippen LogP) is 3.98. The molecular weight excluding hydrogens is 220 g/mol. The maximum atomic E-state index is 9.32. The molecule has 0 bridgehead atoms. The van der Waals surface area contributed by atoms with Crippen LogP contribution in [0.2, 0.25) is 0 Å². The van der Waals surface area contributed by atoms with Crippen molar-refractivity contribution >= 4 is 5.69 Å². The highest BCUT2D eigenvalue weighted by Gasteiger charge is 2.12. The fraction of sp³-hybridized carbons (Fsp3) is 0.188. The topological polar surface area (TPSA) is 35.8 Å². The number of hydrogen-bond acceptors (Lipinski definition) is 2. The number of nitriles is 1. The lowest BCUT2D eigenvalue weighted by Gasteiger charge is -2.15. The Morgan fingerprint density at radius 2 is 1.83 bits per heavy atom. The van der Waals surface area contributed by atoms with E-state index in [1.807, 2.05) is 62.4 Å². The van der Waals surface area contributed by atoms with Crippen LogP contribution in [0.1, 0.15) is 22.7 Å². The molecule has 0 saturated heterocycles. The van der Waals surface area contributed by atoms with Crippen LogP contribution in [0.15, 0.2) is 48.5 Å². The quantitative estimate of drug-likeness (QED) is 0.875. The molecule has 0 aromatic heterocycles. The lowest BCUT2D eigenvalue weighted by molar-refractivity contribution is 0.981. The third-order valence-electron chi connectivity index (χ3n) is 2.96. The molecule has 0 spiro atoms. The van der Waals surface area contributed by atoms with Crippen molar-refractivity contribution in [3.8, 4) is 6.07 Å². The fourth-order valence-electron chi connectivity index (χ4n) is 1.99. The zero-order valence-corrected chi connectivity index (χ0v) is 10.6. The number of hydrogen-bond donors (Lipinski definition) is 1. The van der Waals surface area contributed by atoms with Crippen LogP contribution in [-0.2, 0) is 0 Å². The first-order valence-electron chi connectivity index (χ1n) is 5.99. The Labute approximate surface area is 108 Å². The molecule has 90 valence electrons. The van der Waals surface area contributed by atoms with Crippen LogP contribution in [0.3, 0.4) is 0 Å². The number of nitrogens with zero attached hydrogens (tertiary/aromatic N) is 1. The van der Waals surface area contributed by atoms with Gasteiger partial charge in [-0.05, 0) is 42.7 Å². The van der Waals surface area contributed by atoms with E-state index in [0.717, 1.165) is 16.8 Å². The monoisotopic (exact) mass is 236 g/mol. The Morgan fingerprint density at radius 1 is 1.06 bits per heavy atom. The lowest BCUT2D eigenvalue weighted by Crippen LogP contribution is -2.09. The van der Waals surface area contributed by atoms with E-state index in [-0.39, 0.29) is 6.04 Å². The van der Waals surface area contributed by atoms with Crippen molar-refractivity contribution in [2.45, 2.75) is 19.9 Å². The third kappa shape index (κ3) is 2.70. The molecule has 0 aliphatic rings. The molecule has 0 fully saturated rings. The number of aryl methyl sites for hydroxylation is 2. The molecular formula is C16H16N2. The van der Waals surface area contributed by atoms with Crippen molar-refractivity contribution in [2.24, 2.45) is 0 Å². The van der Waals surface area contributed by atoms with Gasteiger partial charge in [0.25, 0.3) is 0 Å². The summed E-state index contributed by atoms with van der Waals surface area (Å²) in [5, 5.41) is 12.6. The highest BCUT2D eigenvalue weighted by Crippen LogP contribution is 2.22. The molecule has 2 aromatic carbocycles. The minimum Gasteiger partial charge on any atom is -0.366 e. The molecule has 0 saturated carbocycles. The van der Waals surface area contributed by atoms with Crippen LogP contribution in [0.4, 0.5) is 5.69 Å². The van der Waals surface area contributed by atoms with E-state index in [2.05, 4.69) is 11.4 Å². The summed E-state index contributed by atoms with van der Waals surface area (Å²) in [6, 6.07) is 18.0. The van der Waals surface area contributed by atoms with E-state index in [1.54, 1.807) is 0 Å². The Balaban J connectivity index is 2.26. The van der Waals surface area contributed by atoms with E-state index in [1.165, 1.54) is 5.56 Å². The van der Waals surface area contributed by atoms with Crippen LogP contribution >= 0.6 is 0 Å². The first kappa shape index (κ1) is 12.2. The summed E-state index contributed by atoms with van der Waals surface area (Å²) in [6.45, 7) is 4.07. The van der Waals surface area contributed by atoms with Crippen molar-refractivity contribution in [2.75, 3.05) is 5.32 Å². The highest BCUT2D eigenvalue weighted by atomic mass is 14.9. The van der Waals surface area contributed by atoms with Crippen LogP contribution in [0.5, 0.6) is 0 Å². The number of nitrogens with one attached hydrogen (secondary N) is 1. The maximum Gasteiger partial charge on any atom is 0.140 e. The van der Waals surface area contributed by atoms with Gasteiger partial charge in [0, 0.05) is 5.69 Å². The largest absolute Gasteiger partial charge is 0.366 e. The molecule has 2 heteroatoms. The van der Waals surface area contributed by atoms with E-state index < -0.39 is 0 Å². The van der Waals surface area contributed by atoms with Crippen molar-refractivity contribution in [3.05, 3.63) is 65.2 Å². The number of benzene rings is 2. The fourth-order valence-corrected chi connectivity index (χ4v) is 1.99. The van der Waals surface area contributed by atoms with Crippen molar-refractivity contribution < 1.29 is 0 Å². The molecule has 0 aliphatic heterocycles. The minimum absolute atomic E-state index is 0.312. The summed E-state index contributed by atoms with van der Waals surface area (Å²) >= 11 is 0. The van der Waals surface area contributed by atoms with Gasteiger partial charge in [0.1, 0.15) is 6.04 Å². The summed E-state index contributed by atoms with van der Waals surface area (Å²) in [5.74, 6) is 0. The van der Waals surface area contributed by atoms with Gasteiger partial charge in [-0.15, -0.1) is 0 Å². The Kier molecular flexibility index (Phi) is 3.64. The number of anilines is 1. The first-order chi connectivity index (χ1) is 8.70. The normalized spacial score (nSPS) is 11.6. The van der Waals surface area contributed by atoms with E-state index in [4.69, 9.17) is 0 Å². The van der Waals surface area contributed by atoms with Crippen LogP contribution in [0.25, 0.3) is 0 Å². The van der Waals surface area contributed by atoms with Gasteiger partial charge in [-0.25, -0.2) is 0 Å². The molecule has 1 atom stereocenters. The molecule has 0 radical (unpaired) electrons. The molecule has 1 N–H and O–H groups in total.